The van der Waals surface area contributed by atoms with E-state index in [1.54, 1.807) is 12.8 Å². The fraction of sp³-hybridized carbons (Fsp3) is 0.952. The van der Waals surface area contributed by atoms with Crippen molar-refractivity contribution in [3.05, 3.63) is 6.42 Å². The van der Waals surface area contributed by atoms with Crippen molar-refractivity contribution >= 4 is 0 Å². The molecule has 0 bridgehead atoms. The van der Waals surface area contributed by atoms with Gasteiger partial charge in [-0.25, -0.2) is 0 Å². The molecule has 2 saturated carbocycles. The first-order chi connectivity index (χ1) is 10.3. The zero-order chi connectivity index (χ0) is 14.9. The first kappa shape index (κ1) is 17.4. The summed E-state index contributed by atoms with van der Waals surface area (Å²) < 4.78 is 0. The Bertz CT molecular complexity index is 249. The number of rotatable bonds is 8. The molecule has 0 heteroatoms. The Morgan fingerprint density at radius 3 is 2.19 bits per heavy atom. The quantitative estimate of drug-likeness (QED) is 0.415. The van der Waals surface area contributed by atoms with Crippen molar-refractivity contribution in [2.45, 2.75) is 104 Å². The zero-order valence-corrected chi connectivity index (χ0v) is 14.8. The van der Waals surface area contributed by atoms with E-state index in [1.807, 2.05) is 0 Å². The Morgan fingerprint density at radius 2 is 1.48 bits per heavy atom. The van der Waals surface area contributed by atoms with E-state index in [2.05, 4.69) is 20.3 Å². The monoisotopic (exact) mass is 291 g/mol. The van der Waals surface area contributed by atoms with E-state index < -0.39 is 0 Å². The van der Waals surface area contributed by atoms with Gasteiger partial charge < -0.3 is 0 Å². The molecule has 0 aliphatic heterocycles. The molecule has 2 rings (SSSR count). The lowest BCUT2D eigenvalue weighted by Crippen LogP contribution is -2.19. The highest BCUT2D eigenvalue weighted by atomic mass is 14.3. The van der Waals surface area contributed by atoms with Crippen molar-refractivity contribution in [3.63, 3.8) is 0 Å². The van der Waals surface area contributed by atoms with E-state index in [0.717, 1.165) is 23.7 Å². The summed E-state index contributed by atoms with van der Waals surface area (Å²) in [5.74, 6) is 4.17. The summed E-state index contributed by atoms with van der Waals surface area (Å²) in [7, 11) is 0. The van der Waals surface area contributed by atoms with Crippen molar-refractivity contribution in [3.8, 4) is 0 Å². The molecule has 2 fully saturated rings. The van der Waals surface area contributed by atoms with Crippen molar-refractivity contribution in [1.29, 1.82) is 0 Å². The highest BCUT2D eigenvalue weighted by Gasteiger charge is 2.24. The Kier molecular flexibility index (Phi) is 8.19. The second kappa shape index (κ2) is 9.90. The largest absolute Gasteiger partial charge is 0.0654 e. The zero-order valence-electron chi connectivity index (χ0n) is 14.8. The maximum atomic E-state index is 2.65. The van der Waals surface area contributed by atoms with Crippen LogP contribution in [-0.2, 0) is 0 Å². The summed E-state index contributed by atoms with van der Waals surface area (Å²) in [4.78, 5) is 0. The molecule has 21 heavy (non-hydrogen) atoms. The van der Waals surface area contributed by atoms with Crippen LogP contribution in [0.5, 0.6) is 0 Å². The van der Waals surface area contributed by atoms with Crippen LogP contribution in [-0.4, -0.2) is 0 Å². The van der Waals surface area contributed by atoms with Gasteiger partial charge in [-0.2, -0.15) is 0 Å². The van der Waals surface area contributed by atoms with Gasteiger partial charge in [0.05, 0.1) is 0 Å². The van der Waals surface area contributed by atoms with Gasteiger partial charge in [0.15, 0.2) is 0 Å². The molecular weight excluding hydrogens is 252 g/mol. The first-order valence-electron chi connectivity index (χ1n) is 10.1. The molecule has 0 nitrogen and oxygen atoms in total. The highest BCUT2D eigenvalue weighted by molar-refractivity contribution is 4.85. The maximum Gasteiger partial charge on any atom is -0.0355 e. The van der Waals surface area contributed by atoms with Gasteiger partial charge in [-0.1, -0.05) is 90.9 Å². The normalized spacial score (nSPS) is 34.0. The van der Waals surface area contributed by atoms with Gasteiger partial charge in [-0.15, -0.1) is 0 Å². The van der Waals surface area contributed by atoms with Crippen molar-refractivity contribution in [2.75, 3.05) is 0 Å². The predicted molar refractivity (Wildman–Crippen MR) is 94.2 cm³/mol. The number of unbranched alkanes of at least 4 members (excludes halogenated alkanes) is 2. The Hall–Kier alpha value is 0. The van der Waals surface area contributed by atoms with E-state index in [0.29, 0.717) is 0 Å². The van der Waals surface area contributed by atoms with Gasteiger partial charge in [-0.05, 0) is 42.9 Å². The third-order valence-corrected chi connectivity index (χ3v) is 6.42. The second-order valence-electron chi connectivity index (χ2n) is 8.04. The topological polar surface area (TPSA) is 0 Å². The molecule has 123 valence electrons. The number of hydrogen-bond acceptors (Lipinski definition) is 0. The van der Waals surface area contributed by atoms with Crippen LogP contribution < -0.4 is 0 Å². The highest BCUT2D eigenvalue weighted by Crippen LogP contribution is 2.38. The van der Waals surface area contributed by atoms with E-state index in [9.17, 15) is 0 Å². The molecular formula is C21H39. The molecule has 0 amide bonds. The molecule has 0 aromatic carbocycles. The standard InChI is InChI=1S/C21H39/c1-3-5-6-8-20-9-7-10-21(17-20)16-15-19-13-11-18(4-2)12-14-19/h9,18-21H,3-8,10-17H2,1-2H3. The lowest BCUT2D eigenvalue weighted by atomic mass is 9.74. The SMILES string of the molecule is CCCCCC1[CH]CCC(CCC2CCC(CC)CC2)C1. The van der Waals surface area contributed by atoms with E-state index in [-0.39, 0.29) is 0 Å². The van der Waals surface area contributed by atoms with Crippen molar-refractivity contribution in [1.82, 2.24) is 0 Å². The summed E-state index contributed by atoms with van der Waals surface area (Å²) in [6.07, 6.45) is 23.5. The summed E-state index contributed by atoms with van der Waals surface area (Å²) in [6.45, 7) is 4.70. The fourth-order valence-corrected chi connectivity index (χ4v) is 4.76. The Labute approximate surface area is 134 Å². The molecule has 0 spiro atoms. The number of hydrogen-bond donors (Lipinski definition) is 0. The van der Waals surface area contributed by atoms with E-state index in [1.165, 1.54) is 77.0 Å². The van der Waals surface area contributed by atoms with Crippen LogP contribution in [0.25, 0.3) is 0 Å². The van der Waals surface area contributed by atoms with Crippen LogP contribution in [0.4, 0.5) is 0 Å². The third-order valence-electron chi connectivity index (χ3n) is 6.42. The van der Waals surface area contributed by atoms with Crippen LogP contribution in [0.3, 0.4) is 0 Å². The van der Waals surface area contributed by atoms with Gasteiger partial charge in [0.1, 0.15) is 0 Å². The molecule has 1 radical (unpaired) electrons. The molecule has 0 N–H and O–H groups in total. The first-order valence-corrected chi connectivity index (χ1v) is 10.1. The molecule has 0 aromatic heterocycles. The van der Waals surface area contributed by atoms with Crippen molar-refractivity contribution in [2.24, 2.45) is 23.7 Å². The Morgan fingerprint density at radius 1 is 0.762 bits per heavy atom. The molecule has 2 aliphatic carbocycles. The minimum absolute atomic E-state index is 0.964. The third kappa shape index (κ3) is 6.33. The van der Waals surface area contributed by atoms with E-state index >= 15 is 0 Å². The van der Waals surface area contributed by atoms with Gasteiger partial charge in [0.2, 0.25) is 0 Å². The van der Waals surface area contributed by atoms with Gasteiger partial charge in [0.25, 0.3) is 0 Å². The van der Waals surface area contributed by atoms with Crippen LogP contribution in [0.15, 0.2) is 0 Å². The summed E-state index contributed by atoms with van der Waals surface area (Å²) in [5, 5.41) is 0. The molecule has 2 aliphatic rings. The minimum Gasteiger partial charge on any atom is -0.0654 e. The second-order valence-corrected chi connectivity index (χ2v) is 8.04. The molecule has 0 aromatic rings. The molecule has 0 saturated heterocycles. The van der Waals surface area contributed by atoms with Crippen LogP contribution in [0.1, 0.15) is 104 Å². The van der Waals surface area contributed by atoms with Gasteiger partial charge >= 0.3 is 0 Å². The fourth-order valence-electron chi connectivity index (χ4n) is 4.76. The van der Waals surface area contributed by atoms with Crippen molar-refractivity contribution < 1.29 is 0 Å². The lowest BCUT2D eigenvalue weighted by molar-refractivity contribution is 0.224. The van der Waals surface area contributed by atoms with E-state index in [4.69, 9.17) is 0 Å². The lowest BCUT2D eigenvalue weighted by Gasteiger charge is -2.32. The predicted octanol–water partition coefficient (Wildman–Crippen LogP) is 7.18. The van der Waals surface area contributed by atoms with Gasteiger partial charge in [-0.3, -0.25) is 0 Å². The van der Waals surface area contributed by atoms with Gasteiger partial charge in [0, 0.05) is 0 Å². The maximum absolute atomic E-state index is 2.65. The smallest absolute Gasteiger partial charge is 0.0355 e. The van der Waals surface area contributed by atoms with Crippen LogP contribution in [0.2, 0.25) is 0 Å². The average Bonchev–Trinajstić information content (AvgIpc) is 2.54. The van der Waals surface area contributed by atoms with Crippen LogP contribution in [0, 0.1) is 30.1 Å². The average molecular weight is 292 g/mol. The summed E-state index contributed by atoms with van der Waals surface area (Å²) in [6, 6.07) is 0. The summed E-state index contributed by atoms with van der Waals surface area (Å²) in [5.41, 5.74) is 0. The van der Waals surface area contributed by atoms with Crippen LogP contribution >= 0.6 is 0 Å². The molecule has 2 atom stereocenters. The molecule has 2 unspecified atom stereocenters. The molecule has 0 heterocycles. The minimum atomic E-state index is 0.964. The Balaban J connectivity index is 1.59. The summed E-state index contributed by atoms with van der Waals surface area (Å²) >= 11 is 0.